The van der Waals surface area contributed by atoms with Crippen LogP contribution in [0, 0.1) is 11.3 Å². The van der Waals surface area contributed by atoms with Crippen LogP contribution in [0.15, 0.2) is 36.5 Å². The summed E-state index contributed by atoms with van der Waals surface area (Å²) in [4.78, 5) is 14.2. The third kappa shape index (κ3) is 2.04. The molecule has 0 radical (unpaired) electrons. The molecule has 0 saturated heterocycles. The van der Waals surface area contributed by atoms with E-state index < -0.39 is 5.97 Å². The molecule has 0 saturated carbocycles. The minimum atomic E-state index is -0.535. The van der Waals surface area contributed by atoms with Crippen LogP contribution >= 0.6 is 0 Å². The standard InChI is InChI=1S/C13H10N2O2/c1-17-13(16)6-9(7-14)11-8-15-12-5-3-2-4-10(11)12/h2-6,8,15H,1H3/b9-6+. The number of aromatic nitrogens is 1. The molecule has 4 heteroatoms. The number of rotatable bonds is 2. The molecule has 0 aliphatic carbocycles. The number of carbonyl (C=O) groups is 1. The zero-order chi connectivity index (χ0) is 12.3. The summed E-state index contributed by atoms with van der Waals surface area (Å²) >= 11 is 0. The molecule has 0 amide bonds. The molecule has 1 heterocycles. The van der Waals surface area contributed by atoms with E-state index in [1.54, 1.807) is 6.20 Å². The first-order chi connectivity index (χ1) is 8.26. The molecule has 0 atom stereocenters. The lowest BCUT2D eigenvalue weighted by atomic mass is 10.1. The van der Waals surface area contributed by atoms with Gasteiger partial charge in [-0.3, -0.25) is 0 Å². The number of carbonyl (C=O) groups excluding carboxylic acids is 1. The number of hydrogen-bond acceptors (Lipinski definition) is 3. The monoisotopic (exact) mass is 226 g/mol. The van der Waals surface area contributed by atoms with Gasteiger partial charge in [0, 0.05) is 28.7 Å². The number of methoxy groups -OCH3 is 1. The minimum Gasteiger partial charge on any atom is -0.466 e. The van der Waals surface area contributed by atoms with Crippen LogP contribution in [0.5, 0.6) is 0 Å². The van der Waals surface area contributed by atoms with E-state index >= 15 is 0 Å². The summed E-state index contributed by atoms with van der Waals surface area (Å²) in [6, 6.07) is 9.59. The summed E-state index contributed by atoms with van der Waals surface area (Å²) in [5, 5.41) is 9.97. The topological polar surface area (TPSA) is 65.9 Å². The first-order valence-corrected chi connectivity index (χ1v) is 5.02. The van der Waals surface area contributed by atoms with Gasteiger partial charge in [0.1, 0.15) is 6.07 Å². The second-order valence-corrected chi connectivity index (χ2v) is 3.44. The summed E-state index contributed by atoms with van der Waals surface area (Å²) in [6.45, 7) is 0. The van der Waals surface area contributed by atoms with Crippen molar-refractivity contribution in [2.75, 3.05) is 7.11 Å². The van der Waals surface area contributed by atoms with Crippen LogP contribution in [0.2, 0.25) is 0 Å². The van der Waals surface area contributed by atoms with Gasteiger partial charge in [0.15, 0.2) is 0 Å². The van der Waals surface area contributed by atoms with E-state index in [0.29, 0.717) is 5.56 Å². The Hall–Kier alpha value is -2.54. The Labute approximate surface area is 98.1 Å². The van der Waals surface area contributed by atoms with Crippen molar-refractivity contribution in [1.82, 2.24) is 4.98 Å². The number of hydrogen-bond donors (Lipinski definition) is 1. The maximum atomic E-state index is 11.2. The lowest BCUT2D eigenvalue weighted by Gasteiger charge is -1.96. The third-order valence-electron chi connectivity index (χ3n) is 2.46. The van der Waals surface area contributed by atoms with Crippen LogP contribution < -0.4 is 0 Å². The van der Waals surface area contributed by atoms with E-state index in [9.17, 15) is 4.79 Å². The quantitative estimate of drug-likeness (QED) is 0.485. The highest BCUT2D eigenvalue weighted by atomic mass is 16.5. The fourth-order valence-electron chi connectivity index (χ4n) is 1.64. The van der Waals surface area contributed by atoms with Gasteiger partial charge >= 0.3 is 5.97 Å². The van der Waals surface area contributed by atoms with Crippen molar-refractivity contribution in [2.45, 2.75) is 0 Å². The highest BCUT2D eigenvalue weighted by Crippen LogP contribution is 2.24. The van der Waals surface area contributed by atoms with Gasteiger partial charge in [0.2, 0.25) is 0 Å². The zero-order valence-corrected chi connectivity index (χ0v) is 9.23. The highest BCUT2D eigenvalue weighted by Gasteiger charge is 2.09. The van der Waals surface area contributed by atoms with Crippen molar-refractivity contribution in [2.24, 2.45) is 0 Å². The number of aromatic amines is 1. The van der Waals surface area contributed by atoms with Gasteiger partial charge in [0.25, 0.3) is 0 Å². The Bertz CT molecular complexity index is 632. The summed E-state index contributed by atoms with van der Waals surface area (Å²) in [7, 11) is 1.28. The van der Waals surface area contributed by atoms with Crippen LogP contribution in [0.25, 0.3) is 16.5 Å². The number of benzene rings is 1. The SMILES string of the molecule is COC(=O)/C=C(\C#N)c1c[nH]c2ccccc12. The number of nitrogens with one attached hydrogen (secondary N) is 1. The van der Waals surface area contributed by atoms with Crippen LogP contribution in [0.3, 0.4) is 0 Å². The van der Waals surface area contributed by atoms with Gasteiger partial charge in [-0.2, -0.15) is 5.26 Å². The van der Waals surface area contributed by atoms with Crippen molar-refractivity contribution < 1.29 is 9.53 Å². The first-order valence-electron chi connectivity index (χ1n) is 5.02. The molecular formula is C13H10N2O2. The van der Waals surface area contributed by atoms with Crippen LogP contribution in [0.4, 0.5) is 0 Å². The van der Waals surface area contributed by atoms with E-state index in [2.05, 4.69) is 9.72 Å². The van der Waals surface area contributed by atoms with Crippen LogP contribution in [-0.4, -0.2) is 18.1 Å². The Balaban J connectivity index is 2.56. The largest absolute Gasteiger partial charge is 0.466 e. The summed E-state index contributed by atoms with van der Waals surface area (Å²) in [5.41, 5.74) is 1.91. The lowest BCUT2D eigenvalue weighted by Crippen LogP contribution is -1.96. The number of fused-ring (bicyclic) bond motifs is 1. The first kappa shape index (κ1) is 11.0. The molecule has 1 aromatic heterocycles. The summed E-state index contributed by atoms with van der Waals surface area (Å²) in [5.74, 6) is -0.535. The van der Waals surface area contributed by atoms with Crippen molar-refractivity contribution in [3.8, 4) is 6.07 Å². The second kappa shape index (κ2) is 4.54. The van der Waals surface area contributed by atoms with Gasteiger partial charge < -0.3 is 9.72 Å². The average Bonchev–Trinajstić information content (AvgIpc) is 2.79. The van der Waals surface area contributed by atoms with Gasteiger partial charge in [-0.25, -0.2) is 4.79 Å². The Morgan fingerprint density at radius 1 is 1.47 bits per heavy atom. The minimum absolute atomic E-state index is 0.286. The fourth-order valence-corrected chi connectivity index (χ4v) is 1.64. The Morgan fingerprint density at radius 2 is 2.24 bits per heavy atom. The number of allylic oxidation sites excluding steroid dienone is 1. The second-order valence-electron chi connectivity index (χ2n) is 3.44. The van der Waals surface area contributed by atoms with E-state index in [-0.39, 0.29) is 5.57 Å². The molecule has 0 unspecified atom stereocenters. The molecule has 0 aliphatic rings. The van der Waals surface area contributed by atoms with Gasteiger partial charge in [-0.1, -0.05) is 18.2 Å². The normalized spacial score (nSPS) is 11.2. The van der Waals surface area contributed by atoms with E-state index in [1.165, 1.54) is 13.2 Å². The summed E-state index contributed by atoms with van der Waals surface area (Å²) < 4.78 is 4.52. The van der Waals surface area contributed by atoms with E-state index in [4.69, 9.17) is 5.26 Å². The molecule has 1 aromatic carbocycles. The van der Waals surface area contributed by atoms with E-state index in [0.717, 1.165) is 10.9 Å². The molecule has 84 valence electrons. The zero-order valence-electron chi connectivity index (χ0n) is 9.23. The molecule has 2 rings (SSSR count). The number of ether oxygens (including phenoxy) is 1. The maximum Gasteiger partial charge on any atom is 0.331 e. The predicted molar refractivity (Wildman–Crippen MR) is 63.9 cm³/mol. The molecular weight excluding hydrogens is 216 g/mol. The molecule has 4 nitrogen and oxygen atoms in total. The predicted octanol–water partition coefficient (Wildman–Crippen LogP) is 2.25. The van der Waals surface area contributed by atoms with Crippen molar-refractivity contribution in [3.05, 3.63) is 42.1 Å². The molecule has 0 aliphatic heterocycles. The van der Waals surface area contributed by atoms with Crippen molar-refractivity contribution >= 4 is 22.4 Å². The molecule has 17 heavy (non-hydrogen) atoms. The van der Waals surface area contributed by atoms with Crippen molar-refractivity contribution in [3.63, 3.8) is 0 Å². The van der Waals surface area contributed by atoms with Crippen LogP contribution in [0.1, 0.15) is 5.56 Å². The highest BCUT2D eigenvalue weighted by molar-refractivity contribution is 6.02. The molecule has 0 spiro atoms. The van der Waals surface area contributed by atoms with Gasteiger partial charge in [-0.15, -0.1) is 0 Å². The lowest BCUT2D eigenvalue weighted by molar-refractivity contribution is -0.134. The maximum absolute atomic E-state index is 11.2. The molecule has 0 bridgehead atoms. The smallest absolute Gasteiger partial charge is 0.331 e. The Kier molecular flexibility index (Phi) is 2.93. The Morgan fingerprint density at radius 3 is 2.94 bits per heavy atom. The molecule has 1 N–H and O–H groups in total. The molecule has 2 aromatic rings. The van der Waals surface area contributed by atoms with Gasteiger partial charge in [-0.05, 0) is 6.07 Å². The van der Waals surface area contributed by atoms with Crippen molar-refractivity contribution in [1.29, 1.82) is 5.26 Å². The number of nitrogens with zero attached hydrogens (tertiary/aromatic N) is 1. The third-order valence-corrected chi connectivity index (χ3v) is 2.46. The van der Waals surface area contributed by atoms with Gasteiger partial charge in [0.05, 0.1) is 12.7 Å². The molecule has 0 fully saturated rings. The fraction of sp³-hybridized carbons (Fsp3) is 0.0769. The summed E-state index contributed by atoms with van der Waals surface area (Å²) in [6.07, 6.45) is 2.90. The number of nitriles is 1. The average molecular weight is 226 g/mol. The van der Waals surface area contributed by atoms with Crippen LogP contribution in [-0.2, 0) is 9.53 Å². The number of H-pyrrole nitrogens is 1. The van der Waals surface area contributed by atoms with E-state index in [1.807, 2.05) is 30.3 Å². The number of para-hydroxylation sites is 1. The number of esters is 1.